The van der Waals surface area contributed by atoms with Crippen molar-refractivity contribution in [2.45, 2.75) is 12.3 Å². The number of likely N-dealkylation sites (N-methyl/N-ethyl adjacent to an activating group) is 1. The molecular formula is C14H19N3O2. The minimum Gasteiger partial charge on any atom is -0.355 e. The minimum absolute atomic E-state index is 0.0845. The fraction of sp³-hybridized carbons (Fsp3) is 0.429. The number of amides is 2. The number of hydrogen-bond acceptors (Lipinski definition) is 3. The van der Waals surface area contributed by atoms with Gasteiger partial charge in [0.1, 0.15) is 0 Å². The highest BCUT2D eigenvalue weighted by Crippen LogP contribution is 2.34. The van der Waals surface area contributed by atoms with Gasteiger partial charge in [0.05, 0.1) is 5.92 Å². The zero-order valence-corrected chi connectivity index (χ0v) is 11.3. The van der Waals surface area contributed by atoms with Crippen molar-refractivity contribution in [2.75, 3.05) is 32.5 Å². The molecule has 1 aliphatic heterocycles. The molecular weight excluding hydrogens is 242 g/mol. The molecule has 5 nitrogen and oxygen atoms in total. The first-order valence-electron chi connectivity index (χ1n) is 6.39. The number of hydrogen-bond donors (Lipinski definition) is 2. The standard InChI is InChI=1S/C14H19N3O2/c1-17(2)8-7-15-13(18)9-11-10-5-3-4-6-12(10)16-14(11)19/h3-6,11H,7-9H2,1-2H3,(H,15,18)(H,16,19). The maximum atomic E-state index is 11.8. The monoisotopic (exact) mass is 261 g/mol. The number of carbonyl (C=O) groups is 2. The van der Waals surface area contributed by atoms with Gasteiger partial charge < -0.3 is 15.5 Å². The van der Waals surface area contributed by atoms with Gasteiger partial charge in [0.15, 0.2) is 0 Å². The molecule has 1 aromatic carbocycles. The van der Waals surface area contributed by atoms with E-state index in [4.69, 9.17) is 0 Å². The van der Waals surface area contributed by atoms with Crippen molar-refractivity contribution < 1.29 is 9.59 Å². The van der Waals surface area contributed by atoms with Crippen LogP contribution in [0.2, 0.25) is 0 Å². The van der Waals surface area contributed by atoms with E-state index < -0.39 is 0 Å². The summed E-state index contributed by atoms with van der Waals surface area (Å²) in [6, 6.07) is 7.51. The van der Waals surface area contributed by atoms with E-state index in [1.165, 1.54) is 0 Å². The van der Waals surface area contributed by atoms with Gasteiger partial charge in [-0.2, -0.15) is 0 Å². The van der Waals surface area contributed by atoms with Crippen LogP contribution in [-0.2, 0) is 9.59 Å². The molecule has 1 atom stereocenters. The van der Waals surface area contributed by atoms with Gasteiger partial charge >= 0.3 is 0 Å². The van der Waals surface area contributed by atoms with Crippen LogP contribution in [-0.4, -0.2) is 43.9 Å². The quantitative estimate of drug-likeness (QED) is 0.824. The Morgan fingerprint density at radius 1 is 1.37 bits per heavy atom. The van der Waals surface area contributed by atoms with Gasteiger partial charge in [0, 0.05) is 25.2 Å². The molecule has 2 rings (SSSR count). The van der Waals surface area contributed by atoms with Gasteiger partial charge in [-0.1, -0.05) is 18.2 Å². The van der Waals surface area contributed by atoms with E-state index in [9.17, 15) is 9.59 Å². The molecule has 0 aromatic heterocycles. The number of fused-ring (bicyclic) bond motifs is 1. The Morgan fingerprint density at radius 2 is 2.11 bits per heavy atom. The Bertz CT molecular complexity index is 485. The van der Waals surface area contributed by atoms with Crippen molar-refractivity contribution in [1.82, 2.24) is 10.2 Å². The Kier molecular flexibility index (Phi) is 4.16. The van der Waals surface area contributed by atoms with E-state index in [0.717, 1.165) is 17.8 Å². The minimum atomic E-state index is -0.365. The van der Waals surface area contributed by atoms with Crippen LogP contribution in [0.4, 0.5) is 5.69 Å². The summed E-state index contributed by atoms with van der Waals surface area (Å²) in [7, 11) is 3.90. The van der Waals surface area contributed by atoms with E-state index in [-0.39, 0.29) is 24.2 Å². The molecule has 102 valence electrons. The zero-order chi connectivity index (χ0) is 13.8. The lowest BCUT2D eigenvalue weighted by molar-refractivity contribution is -0.125. The number of benzene rings is 1. The zero-order valence-electron chi connectivity index (χ0n) is 11.3. The third-order valence-corrected chi connectivity index (χ3v) is 3.18. The largest absolute Gasteiger partial charge is 0.355 e. The maximum absolute atomic E-state index is 11.8. The van der Waals surface area contributed by atoms with Crippen LogP contribution in [0.3, 0.4) is 0 Å². The van der Waals surface area contributed by atoms with E-state index in [1.54, 1.807) is 0 Å². The lowest BCUT2D eigenvalue weighted by Crippen LogP contribution is -2.32. The Balaban J connectivity index is 1.92. The van der Waals surface area contributed by atoms with Crippen LogP contribution in [0.5, 0.6) is 0 Å². The molecule has 19 heavy (non-hydrogen) atoms. The summed E-state index contributed by atoms with van der Waals surface area (Å²) in [6.07, 6.45) is 0.205. The molecule has 0 aliphatic carbocycles. The lowest BCUT2D eigenvalue weighted by Gasteiger charge is -2.12. The van der Waals surface area contributed by atoms with Crippen LogP contribution in [0.25, 0.3) is 0 Å². The Labute approximate surface area is 113 Å². The number of carbonyl (C=O) groups excluding carboxylic acids is 2. The summed E-state index contributed by atoms with van der Waals surface area (Å²) >= 11 is 0. The average Bonchev–Trinajstić information content (AvgIpc) is 2.66. The smallest absolute Gasteiger partial charge is 0.232 e. The molecule has 0 bridgehead atoms. The van der Waals surface area contributed by atoms with Crippen molar-refractivity contribution in [3.63, 3.8) is 0 Å². The van der Waals surface area contributed by atoms with E-state index in [0.29, 0.717) is 6.54 Å². The molecule has 0 fully saturated rings. The van der Waals surface area contributed by atoms with Gasteiger partial charge in [-0.05, 0) is 25.7 Å². The summed E-state index contributed by atoms with van der Waals surface area (Å²) in [6.45, 7) is 1.39. The molecule has 0 spiro atoms. The first-order valence-corrected chi connectivity index (χ1v) is 6.39. The highest BCUT2D eigenvalue weighted by atomic mass is 16.2. The van der Waals surface area contributed by atoms with Crippen molar-refractivity contribution in [3.05, 3.63) is 29.8 Å². The summed E-state index contributed by atoms with van der Waals surface area (Å²) in [5.74, 6) is -0.543. The number of nitrogens with zero attached hydrogens (tertiary/aromatic N) is 1. The van der Waals surface area contributed by atoms with Gasteiger partial charge in [0.2, 0.25) is 11.8 Å². The Morgan fingerprint density at radius 3 is 2.84 bits per heavy atom. The molecule has 0 saturated heterocycles. The molecule has 1 heterocycles. The highest BCUT2D eigenvalue weighted by molar-refractivity contribution is 6.04. The molecule has 1 unspecified atom stereocenters. The first kappa shape index (κ1) is 13.5. The first-order chi connectivity index (χ1) is 9.08. The topological polar surface area (TPSA) is 61.4 Å². The van der Waals surface area contributed by atoms with Gasteiger partial charge in [-0.15, -0.1) is 0 Å². The number of rotatable bonds is 5. The van der Waals surface area contributed by atoms with Crippen molar-refractivity contribution in [1.29, 1.82) is 0 Å². The van der Waals surface area contributed by atoms with Crippen LogP contribution in [0, 0.1) is 0 Å². The fourth-order valence-electron chi connectivity index (χ4n) is 2.15. The predicted octanol–water partition coefficient (Wildman–Crippen LogP) is 0.790. The second-order valence-corrected chi connectivity index (χ2v) is 4.99. The molecule has 1 aliphatic rings. The maximum Gasteiger partial charge on any atom is 0.232 e. The normalized spacial score (nSPS) is 17.2. The lowest BCUT2D eigenvalue weighted by atomic mass is 9.97. The van der Waals surface area contributed by atoms with Crippen LogP contribution in [0.15, 0.2) is 24.3 Å². The molecule has 0 saturated carbocycles. The molecule has 0 radical (unpaired) electrons. The molecule has 2 amide bonds. The SMILES string of the molecule is CN(C)CCNC(=O)CC1C(=O)Nc2ccccc21. The summed E-state index contributed by atoms with van der Waals surface area (Å²) < 4.78 is 0. The van der Waals surface area contributed by atoms with E-state index >= 15 is 0 Å². The van der Waals surface area contributed by atoms with Crippen LogP contribution < -0.4 is 10.6 Å². The average molecular weight is 261 g/mol. The fourth-order valence-corrected chi connectivity index (χ4v) is 2.15. The number of nitrogens with one attached hydrogen (secondary N) is 2. The summed E-state index contributed by atoms with van der Waals surface area (Å²) in [4.78, 5) is 25.7. The van der Waals surface area contributed by atoms with Gasteiger partial charge in [0.25, 0.3) is 0 Å². The van der Waals surface area contributed by atoms with E-state index in [2.05, 4.69) is 10.6 Å². The second-order valence-electron chi connectivity index (χ2n) is 4.99. The Hall–Kier alpha value is -1.88. The van der Waals surface area contributed by atoms with Gasteiger partial charge in [-0.25, -0.2) is 0 Å². The molecule has 5 heteroatoms. The van der Waals surface area contributed by atoms with Crippen LogP contribution in [0.1, 0.15) is 17.9 Å². The third kappa shape index (κ3) is 3.32. The van der Waals surface area contributed by atoms with E-state index in [1.807, 2.05) is 43.3 Å². The second kappa shape index (κ2) is 5.84. The number of para-hydroxylation sites is 1. The number of anilines is 1. The summed E-state index contributed by atoms with van der Waals surface area (Å²) in [5, 5.41) is 5.63. The molecule has 1 aromatic rings. The van der Waals surface area contributed by atoms with Crippen molar-refractivity contribution >= 4 is 17.5 Å². The van der Waals surface area contributed by atoms with Crippen LogP contribution >= 0.6 is 0 Å². The third-order valence-electron chi connectivity index (χ3n) is 3.18. The highest BCUT2D eigenvalue weighted by Gasteiger charge is 2.31. The molecule has 2 N–H and O–H groups in total. The van der Waals surface area contributed by atoms with Crippen molar-refractivity contribution in [3.8, 4) is 0 Å². The van der Waals surface area contributed by atoms with Gasteiger partial charge in [-0.3, -0.25) is 9.59 Å². The van der Waals surface area contributed by atoms with Crippen molar-refractivity contribution in [2.24, 2.45) is 0 Å². The predicted molar refractivity (Wildman–Crippen MR) is 74.0 cm³/mol. The summed E-state index contributed by atoms with van der Waals surface area (Å²) in [5.41, 5.74) is 1.73.